The molecule has 0 spiro atoms. The van der Waals surface area contributed by atoms with Gasteiger partial charge in [-0.1, -0.05) is 0 Å². The fourth-order valence-electron chi connectivity index (χ4n) is 2.34. The maximum atomic E-state index is 12.0. The number of fused-ring (bicyclic) bond motifs is 3. The first-order valence-corrected chi connectivity index (χ1v) is 6.65. The van der Waals surface area contributed by atoms with Crippen LogP contribution in [0.4, 0.5) is 0 Å². The second-order valence-corrected chi connectivity index (χ2v) is 4.60. The number of hydrogen-bond acceptors (Lipinski definition) is 5. The maximum Gasteiger partial charge on any atom is 0.358 e. The summed E-state index contributed by atoms with van der Waals surface area (Å²) in [6.07, 6.45) is 1.69. The Morgan fingerprint density at radius 1 is 1.38 bits per heavy atom. The normalized spacial score (nSPS) is 11.0. The van der Waals surface area contributed by atoms with Crippen LogP contribution >= 0.6 is 0 Å². The third-order valence-electron chi connectivity index (χ3n) is 3.31. The summed E-state index contributed by atoms with van der Waals surface area (Å²) < 4.78 is 11.8. The summed E-state index contributed by atoms with van der Waals surface area (Å²) in [6.45, 7) is 3.86. The highest BCUT2D eigenvalue weighted by Crippen LogP contribution is 2.24. The van der Waals surface area contributed by atoms with Crippen molar-refractivity contribution in [3.63, 3.8) is 0 Å². The van der Waals surface area contributed by atoms with Crippen molar-refractivity contribution in [3.8, 4) is 5.75 Å². The Labute approximate surface area is 121 Å². The van der Waals surface area contributed by atoms with Gasteiger partial charge in [-0.3, -0.25) is 0 Å². The third kappa shape index (κ3) is 2.08. The molecule has 108 valence electrons. The lowest BCUT2D eigenvalue weighted by Gasteiger charge is -2.05. The number of aromatic nitrogens is 3. The van der Waals surface area contributed by atoms with E-state index in [-0.39, 0.29) is 0 Å². The number of methoxy groups -OCH3 is 1. The fraction of sp³-hybridized carbons (Fsp3) is 0.267. The highest BCUT2D eigenvalue weighted by Gasteiger charge is 2.20. The number of esters is 1. The molecule has 6 heteroatoms. The number of aryl methyl sites for hydroxylation is 1. The fourth-order valence-corrected chi connectivity index (χ4v) is 2.34. The number of hydrogen-bond donors (Lipinski definition) is 0. The van der Waals surface area contributed by atoms with Gasteiger partial charge in [0, 0.05) is 10.8 Å². The van der Waals surface area contributed by atoms with E-state index in [1.54, 1.807) is 27.2 Å². The number of ether oxygens (including phenoxy) is 2. The van der Waals surface area contributed by atoms with Gasteiger partial charge in [0.2, 0.25) is 0 Å². The largest absolute Gasteiger partial charge is 0.497 e. The summed E-state index contributed by atoms with van der Waals surface area (Å²) in [5, 5.41) is 6.12. The van der Waals surface area contributed by atoms with Gasteiger partial charge >= 0.3 is 5.97 Å². The highest BCUT2D eigenvalue weighted by atomic mass is 16.5. The molecule has 0 atom stereocenters. The summed E-state index contributed by atoms with van der Waals surface area (Å²) in [5.74, 6) is 0.338. The predicted octanol–water partition coefficient (Wildman–Crippen LogP) is 2.38. The second-order valence-electron chi connectivity index (χ2n) is 4.60. The van der Waals surface area contributed by atoms with E-state index >= 15 is 0 Å². The van der Waals surface area contributed by atoms with Gasteiger partial charge in [-0.15, -0.1) is 0 Å². The van der Waals surface area contributed by atoms with Crippen LogP contribution in [0.5, 0.6) is 5.75 Å². The SMILES string of the molecule is CCOC(=O)c1c(C)nc2c3ccc(OC)cc3cnn12. The van der Waals surface area contributed by atoms with Crippen LogP contribution in [0.1, 0.15) is 23.1 Å². The molecule has 6 nitrogen and oxygen atoms in total. The van der Waals surface area contributed by atoms with Gasteiger partial charge in [-0.05, 0) is 32.0 Å². The van der Waals surface area contributed by atoms with Crippen LogP contribution < -0.4 is 4.74 Å². The first-order valence-electron chi connectivity index (χ1n) is 6.65. The summed E-state index contributed by atoms with van der Waals surface area (Å²) in [7, 11) is 1.62. The summed E-state index contributed by atoms with van der Waals surface area (Å²) >= 11 is 0. The Morgan fingerprint density at radius 3 is 2.90 bits per heavy atom. The van der Waals surface area contributed by atoms with Crippen molar-refractivity contribution in [3.05, 3.63) is 35.8 Å². The van der Waals surface area contributed by atoms with Crippen LogP contribution in [-0.4, -0.2) is 34.3 Å². The number of carbonyl (C=O) groups is 1. The molecule has 0 radical (unpaired) electrons. The van der Waals surface area contributed by atoms with Crippen LogP contribution in [0.2, 0.25) is 0 Å². The molecule has 0 aliphatic rings. The van der Waals surface area contributed by atoms with Gasteiger partial charge in [0.25, 0.3) is 0 Å². The Bertz CT molecular complexity index is 839. The van der Waals surface area contributed by atoms with Crippen LogP contribution in [0.3, 0.4) is 0 Å². The van der Waals surface area contributed by atoms with Gasteiger partial charge < -0.3 is 9.47 Å². The molecule has 1 aromatic carbocycles. The van der Waals surface area contributed by atoms with Gasteiger partial charge in [0.1, 0.15) is 5.75 Å². The molecular weight excluding hydrogens is 270 g/mol. The minimum absolute atomic E-state index is 0.316. The Kier molecular flexibility index (Phi) is 3.21. The molecule has 0 saturated carbocycles. The zero-order valence-corrected chi connectivity index (χ0v) is 12.1. The average Bonchev–Trinajstić information content (AvgIpc) is 2.83. The molecule has 3 rings (SSSR count). The van der Waals surface area contributed by atoms with E-state index in [0.717, 1.165) is 16.5 Å². The molecule has 0 aliphatic heterocycles. The summed E-state index contributed by atoms with van der Waals surface area (Å²) in [6, 6.07) is 5.65. The van der Waals surface area contributed by atoms with Crippen molar-refractivity contribution >= 4 is 22.4 Å². The zero-order valence-electron chi connectivity index (χ0n) is 12.1. The molecule has 0 aliphatic carbocycles. The van der Waals surface area contributed by atoms with Gasteiger partial charge in [-0.25, -0.2) is 14.3 Å². The van der Waals surface area contributed by atoms with E-state index in [1.807, 2.05) is 18.2 Å². The van der Waals surface area contributed by atoms with Crippen molar-refractivity contribution in [2.75, 3.05) is 13.7 Å². The lowest BCUT2D eigenvalue weighted by Crippen LogP contribution is -2.11. The molecule has 2 heterocycles. The van der Waals surface area contributed by atoms with Crippen LogP contribution in [0, 0.1) is 6.92 Å². The first kappa shape index (κ1) is 13.4. The molecule has 0 N–H and O–H groups in total. The number of carbonyl (C=O) groups excluding carboxylic acids is 1. The van der Waals surface area contributed by atoms with Crippen LogP contribution in [0.15, 0.2) is 24.4 Å². The molecule has 2 aromatic heterocycles. The molecule has 3 aromatic rings. The Morgan fingerprint density at radius 2 is 2.19 bits per heavy atom. The third-order valence-corrected chi connectivity index (χ3v) is 3.31. The standard InChI is InChI=1S/C15H15N3O3/c1-4-21-15(19)13-9(2)17-14-12-6-5-11(20-3)7-10(12)8-16-18(13)14/h5-8H,4H2,1-3H3. The van der Waals surface area contributed by atoms with Crippen molar-refractivity contribution in [2.24, 2.45) is 0 Å². The van der Waals surface area contributed by atoms with Crippen LogP contribution in [0.25, 0.3) is 16.4 Å². The quantitative estimate of drug-likeness (QED) is 0.691. The van der Waals surface area contributed by atoms with Gasteiger partial charge in [0.15, 0.2) is 11.3 Å². The smallest absolute Gasteiger partial charge is 0.358 e. The van der Waals surface area contributed by atoms with E-state index in [2.05, 4.69) is 10.1 Å². The lowest BCUT2D eigenvalue weighted by molar-refractivity contribution is 0.0516. The van der Waals surface area contributed by atoms with Crippen molar-refractivity contribution in [1.82, 2.24) is 14.6 Å². The van der Waals surface area contributed by atoms with Crippen molar-refractivity contribution < 1.29 is 14.3 Å². The molecule has 0 unspecified atom stereocenters. The van der Waals surface area contributed by atoms with E-state index in [0.29, 0.717) is 23.6 Å². The van der Waals surface area contributed by atoms with Crippen molar-refractivity contribution in [2.45, 2.75) is 13.8 Å². The lowest BCUT2D eigenvalue weighted by atomic mass is 10.2. The summed E-state index contributed by atoms with van der Waals surface area (Å²) in [5.41, 5.74) is 1.60. The minimum Gasteiger partial charge on any atom is -0.497 e. The highest BCUT2D eigenvalue weighted by molar-refractivity contribution is 5.97. The van der Waals surface area contributed by atoms with E-state index in [1.165, 1.54) is 4.52 Å². The van der Waals surface area contributed by atoms with Gasteiger partial charge in [0.05, 0.1) is 25.6 Å². The minimum atomic E-state index is -0.414. The predicted molar refractivity (Wildman–Crippen MR) is 77.7 cm³/mol. The molecule has 0 amide bonds. The topological polar surface area (TPSA) is 65.7 Å². The van der Waals surface area contributed by atoms with E-state index in [4.69, 9.17) is 9.47 Å². The molecular formula is C15H15N3O3. The Hall–Kier alpha value is -2.63. The molecule has 0 bridgehead atoms. The average molecular weight is 285 g/mol. The van der Waals surface area contributed by atoms with Gasteiger partial charge in [-0.2, -0.15) is 5.10 Å². The number of rotatable bonds is 3. The molecule has 0 saturated heterocycles. The second kappa shape index (κ2) is 5.05. The van der Waals surface area contributed by atoms with Crippen LogP contribution in [-0.2, 0) is 4.74 Å². The van der Waals surface area contributed by atoms with Crippen molar-refractivity contribution in [1.29, 1.82) is 0 Å². The zero-order chi connectivity index (χ0) is 15.0. The Balaban J connectivity index is 2.27. The summed E-state index contributed by atoms with van der Waals surface area (Å²) in [4.78, 5) is 16.5. The monoisotopic (exact) mass is 285 g/mol. The number of benzene rings is 1. The van der Waals surface area contributed by atoms with E-state index in [9.17, 15) is 4.79 Å². The maximum absolute atomic E-state index is 12.0. The molecule has 0 fully saturated rings. The molecule has 21 heavy (non-hydrogen) atoms. The van der Waals surface area contributed by atoms with E-state index < -0.39 is 5.97 Å². The number of nitrogens with zero attached hydrogens (tertiary/aromatic N) is 3. The number of imidazole rings is 1. The first-order chi connectivity index (χ1) is 10.2.